The number of rotatable bonds is 5. The number of piperazine rings is 1. The van der Waals surface area contributed by atoms with Crippen LogP contribution in [0.2, 0.25) is 5.02 Å². The number of anilines is 1. The van der Waals surface area contributed by atoms with Crippen molar-refractivity contribution in [2.24, 2.45) is 0 Å². The van der Waals surface area contributed by atoms with Gasteiger partial charge in [-0.25, -0.2) is 0 Å². The van der Waals surface area contributed by atoms with Crippen LogP contribution < -0.4 is 5.32 Å². The number of carbonyl (C=O) groups excluding carboxylic acids is 1. The van der Waals surface area contributed by atoms with E-state index >= 15 is 0 Å². The molecule has 0 aliphatic carbocycles. The highest BCUT2D eigenvalue weighted by Crippen LogP contribution is 2.29. The molecule has 1 fully saturated rings. The Balaban J connectivity index is 1.85. The Morgan fingerprint density at radius 2 is 1.81 bits per heavy atom. The first-order chi connectivity index (χ1) is 13.0. The maximum absolute atomic E-state index is 13.1. The Labute approximate surface area is 162 Å². The number of nitrogens with zero attached hydrogens (tertiary/aromatic N) is 3. The SMILES string of the molecule is CN1CCN(C(C(=O)Nc2ccc(Cl)c([N+](=O)[O-])c2)c2ccccc2)CC1. The number of amides is 1. The number of benzene rings is 2. The molecule has 0 bridgehead atoms. The van der Waals surface area contributed by atoms with E-state index in [2.05, 4.69) is 22.2 Å². The van der Waals surface area contributed by atoms with Crippen molar-refractivity contribution < 1.29 is 9.72 Å². The maximum atomic E-state index is 13.1. The minimum Gasteiger partial charge on any atom is -0.324 e. The van der Waals surface area contributed by atoms with E-state index in [9.17, 15) is 14.9 Å². The van der Waals surface area contributed by atoms with Crippen molar-refractivity contribution in [3.63, 3.8) is 0 Å². The van der Waals surface area contributed by atoms with Crippen molar-refractivity contribution in [1.82, 2.24) is 9.80 Å². The molecule has 1 atom stereocenters. The average molecular weight is 389 g/mol. The third-order valence-electron chi connectivity index (χ3n) is 4.68. The van der Waals surface area contributed by atoms with Crippen LogP contribution in [0.3, 0.4) is 0 Å². The van der Waals surface area contributed by atoms with Gasteiger partial charge in [-0.15, -0.1) is 0 Å². The molecule has 1 N–H and O–H groups in total. The zero-order chi connectivity index (χ0) is 19.4. The van der Waals surface area contributed by atoms with Crippen LogP contribution in [0.5, 0.6) is 0 Å². The lowest BCUT2D eigenvalue weighted by Gasteiger charge is -2.37. The first-order valence-electron chi connectivity index (χ1n) is 8.68. The molecule has 142 valence electrons. The lowest BCUT2D eigenvalue weighted by molar-refractivity contribution is -0.384. The van der Waals surface area contributed by atoms with Crippen molar-refractivity contribution in [2.75, 3.05) is 38.5 Å². The minimum atomic E-state index is -0.562. The highest BCUT2D eigenvalue weighted by Gasteiger charge is 2.30. The second kappa shape index (κ2) is 8.47. The average Bonchev–Trinajstić information content (AvgIpc) is 2.66. The summed E-state index contributed by atoms with van der Waals surface area (Å²) in [5, 5.41) is 13.9. The lowest BCUT2D eigenvalue weighted by atomic mass is 10.0. The largest absolute Gasteiger partial charge is 0.324 e. The Morgan fingerprint density at radius 3 is 2.44 bits per heavy atom. The van der Waals surface area contributed by atoms with E-state index in [4.69, 9.17) is 11.6 Å². The quantitative estimate of drug-likeness (QED) is 0.628. The standard InChI is InChI=1S/C19H21ClN4O3/c1-22-9-11-23(12-10-22)18(14-5-3-2-4-6-14)19(25)21-15-7-8-16(20)17(13-15)24(26)27/h2-8,13,18H,9-12H2,1H3,(H,21,25). The third-order valence-corrected chi connectivity index (χ3v) is 5.00. The summed E-state index contributed by atoms with van der Waals surface area (Å²) in [6, 6.07) is 13.4. The minimum absolute atomic E-state index is 0.0386. The number of halogens is 1. The van der Waals surface area contributed by atoms with Gasteiger partial charge in [0.2, 0.25) is 5.91 Å². The van der Waals surface area contributed by atoms with Gasteiger partial charge in [0.05, 0.1) is 4.92 Å². The van der Waals surface area contributed by atoms with Gasteiger partial charge in [0.1, 0.15) is 11.1 Å². The van der Waals surface area contributed by atoms with E-state index in [1.807, 2.05) is 30.3 Å². The molecule has 0 saturated carbocycles. The number of nitro groups is 1. The highest BCUT2D eigenvalue weighted by molar-refractivity contribution is 6.32. The molecule has 1 amide bonds. The van der Waals surface area contributed by atoms with Crippen LogP contribution in [0.1, 0.15) is 11.6 Å². The Hall–Kier alpha value is -2.48. The van der Waals surface area contributed by atoms with E-state index in [0.29, 0.717) is 5.69 Å². The molecule has 3 rings (SSSR count). The molecule has 2 aromatic carbocycles. The summed E-state index contributed by atoms with van der Waals surface area (Å²) < 4.78 is 0. The van der Waals surface area contributed by atoms with Gasteiger partial charge in [-0.05, 0) is 24.7 Å². The number of hydrogen-bond acceptors (Lipinski definition) is 5. The molecule has 0 radical (unpaired) electrons. The first-order valence-corrected chi connectivity index (χ1v) is 9.06. The van der Waals surface area contributed by atoms with Gasteiger partial charge in [0.25, 0.3) is 5.69 Å². The molecular weight excluding hydrogens is 368 g/mol. The van der Waals surface area contributed by atoms with Gasteiger partial charge in [-0.2, -0.15) is 0 Å². The van der Waals surface area contributed by atoms with E-state index in [1.165, 1.54) is 12.1 Å². The fourth-order valence-electron chi connectivity index (χ4n) is 3.18. The Morgan fingerprint density at radius 1 is 1.15 bits per heavy atom. The van der Waals surface area contributed by atoms with Crippen LogP contribution in [-0.4, -0.2) is 53.9 Å². The summed E-state index contributed by atoms with van der Waals surface area (Å²) in [7, 11) is 2.06. The molecule has 27 heavy (non-hydrogen) atoms. The van der Waals surface area contributed by atoms with Crippen LogP contribution in [0.4, 0.5) is 11.4 Å². The number of nitro benzene ring substituents is 1. The molecular formula is C19H21ClN4O3. The highest BCUT2D eigenvalue weighted by atomic mass is 35.5. The van der Waals surface area contributed by atoms with Gasteiger partial charge in [0, 0.05) is 37.9 Å². The van der Waals surface area contributed by atoms with Gasteiger partial charge in [-0.3, -0.25) is 19.8 Å². The molecule has 1 unspecified atom stereocenters. The number of carbonyl (C=O) groups is 1. The molecule has 1 aliphatic heterocycles. The monoisotopic (exact) mass is 388 g/mol. The molecule has 8 heteroatoms. The van der Waals surface area contributed by atoms with Crippen molar-refractivity contribution >= 4 is 28.9 Å². The van der Waals surface area contributed by atoms with Crippen molar-refractivity contribution in [3.05, 3.63) is 69.2 Å². The second-order valence-corrected chi connectivity index (χ2v) is 6.97. The van der Waals surface area contributed by atoms with Gasteiger partial charge < -0.3 is 10.2 Å². The van der Waals surface area contributed by atoms with Crippen molar-refractivity contribution in [2.45, 2.75) is 6.04 Å². The molecule has 0 aromatic heterocycles. The topological polar surface area (TPSA) is 78.7 Å². The van der Waals surface area contributed by atoms with Crippen molar-refractivity contribution in [1.29, 1.82) is 0 Å². The zero-order valence-corrected chi connectivity index (χ0v) is 15.7. The Bertz CT molecular complexity index is 823. The summed E-state index contributed by atoms with van der Waals surface area (Å²) in [5.41, 5.74) is 1.01. The van der Waals surface area contributed by atoms with Gasteiger partial charge in [0.15, 0.2) is 0 Å². The number of nitrogens with one attached hydrogen (secondary N) is 1. The summed E-state index contributed by atoms with van der Waals surface area (Å²) in [5.74, 6) is -0.220. The van der Waals surface area contributed by atoms with Crippen LogP contribution in [0.25, 0.3) is 0 Å². The fraction of sp³-hybridized carbons (Fsp3) is 0.316. The van der Waals surface area contributed by atoms with Gasteiger partial charge >= 0.3 is 0 Å². The fourth-order valence-corrected chi connectivity index (χ4v) is 3.37. The lowest BCUT2D eigenvalue weighted by Crippen LogP contribution is -2.48. The van der Waals surface area contributed by atoms with Crippen LogP contribution >= 0.6 is 11.6 Å². The first kappa shape index (κ1) is 19.3. The van der Waals surface area contributed by atoms with Crippen LogP contribution in [-0.2, 0) is 4.79 Å². The zero-order valence-electron chi connectivity index (χ0n) is 15.0. The summed E-state index contributed by atoms with van der Waals surface area (Å²) >= 11 is 5.85. The van der Waals surface area contributed by atoms with E-state index in [1.54, 1.807) is 6.07 Å². The molecule has 2 aromatic rings. The normalized spacial score (nSPS) is 16.7. The molecule has 1 heterocycles. The predicted molar refractivity (Wildman–Crippen MR) is 105 cm³/mol. The smallest absolute Gasteiger partial charge is 0.289 e. The number of hydrogen-bond donors (Lipinski definition) is 1. The van der Waals surface area contributed by atoms with Gasteiger partial charge in [-0.1, -0.05) is 41.9 Å². The molecule has 1 aliphatic rings. The van der Waals surface area contributed by atoms with Crippen molar-refractivity contribution in [3.8, 4) is 0 Å². The second-order valence-electron chi connectivity index (χ2n) is 6.57. The van der Waals surface area contributed by atoms with E-state index < -0.39 is 11.0 Å². The molecule has 0 spiro atoms. The molecule has 7 nitrogen and oxygen atoms in total. The summed E-state index contributed by atoms with van der Waals surface area (Å²) in [6.07, 6.45) is 0. The van der Waals surface area contributed by atoms with Crippen LogP contribution in [0.15, 0.2) is 48.5 Å². The predicted octanol–water partition coefficient (Wildman–Crippen LogP) is 3.18. The maximum Gasteiger partial charge on any atom is 0.289 e. The summed E-state index contributed by atoms with van der Waals surface area (Å²) in [4.78, 5) is 28.0. The third kappa shape index (κ3) is 4.63. The van der Waals surface area contributed by atoms with E-state index in [-0.39, 0.29) is 16.6 Å². The summed E-state index contributed by atoms with van der Waals surface area (Å²) in [6.45, 7) is 3.29. The van der Waals surface area contributed by atoms with E-state index in [0.717, 1.165) is 31.7 Å². The molecule has 1 saturated heterocycles. The van der Waals surface area contributed by atoms with Crippen LogP contribution in [0, 0.1) is 10.1 Å². The number of likely N-dealkylation sites (N-methyl/N-ethyl adjacent to an activating group) is 1. The Kier molecular flexibility index (Phi) is 6.05.